The van der Waals surface area contributed by atoms with E-state index in [1.54, 1.807) is 13.0 Å². The predicted molar refractivity (Wildman–Crippen MR) is 62.7 cm³/mol. The molecule has 1 aromatic carbocycles. The van der Waals surface area contributed by atoms with E-state index in [0.717, 1.165) is 5.69 Å². The monoisotopic (exact) mass is 210 g/mol. The second-order valence-corrected chi connectivity index (χ2v) is 4.51. The Morgan fingerprint density at radius 2 is 2.00 bits per heavy atom. The summed E-state index contributed by atoms with van der Waals surface area (Å²) in [7, 11) is 1.97. The highest BCUT2D eigenvalue weighted by Crippen LogP contribution is 2.23. The summed E-state index contributed by atoms with van der Waals surface area (Å²) in [6.07, 6.45) is 0. The van der Waals surface area contributed by atoms with E-state index in [0.29, 0.717) is 12.1 Å². The number of nitrogens with two attached hydrogens (primary N) is 1. The maximum absolute atomic E-state index is 13.1. The van der Waals surface area contributed by atoms with E-state index >= 15 is 0 Å². The van der Waals surface area contributed by atoms with E-state index in [-0.39, 0.29) is 11.4 Å². The van der Waals surface area contributed by atoms with Crippen LogP contribution < -0.4 is 10.6 Å². The van der Waals surface area contributed by atoms with Crippen LogP contribution in [0.3, 0.4) is 0 Å². The molecule has 0 heterocycles. The first-order valence-electron chi connectivity index (χ1n) is 5.08. The highest BCUT2D eigenvalue weighted by Gasteiger charge is 2.22. The normalized spacial score (nSPS) is 11.6. The zero-order chi connectivity index (χ0) is 11.6. The molecule has 1 rings (SSSR count). The Hall–Kier alpha value is -1.09. The Balaban J connectivity index is 3.02. The fraction of sp³-hybridized carbons (Fsp3) is 0.500. The lowest BCUT2D eigenvalue weighted by Crippen LogP contribution is -2.47. The SMILES string of the molecule is Cc1cc(N(C)C(C)(C)CN)ccc1F. The Morgan fingerprint density at radius 1 is 1.40 bits per heavy atom. The van der Waals surface area contributed by atoms with Gasteiger partial charge in [0, 0.05) is 24.8 Å². The molecule has 1 aromatic rings. The number of hydrogen-bond acceptors (Lipinski definition) is 2. The smallest absolute Gasteiger partial charge is 0.126 e. The molecule has 15 heavy (non-hydrogen) atoms. The van der Waals surface area contributed by atoms with Crippen LogP contribution in [0.25, 0.3) is 0 Å². The molecule has 0 aliphatic rings. The molecule has 0 saturated heterocycles. The first-order chi connectivity index (χ1) is 6.88. The van der Waals surface area contributed by atoms with Gasteiger partial charge in [0.15, 0.2) is 0 Å². The summed E-state index contributed by atoms with van der Waals surface area (Å²) in [6.45, 7) is 6.44. The van der Waals surface area contributed by atoms with Gasteiger partial charge in [-0.3, -0.25) is 0 Å². The number of nitrogens with zero attached hydrogens (tertiary/aromatic N) is 1. The van der Waals surface area contributed by atoms with Gasteiger partial charge in [0.25, 0.3) is 0 Å². The standard InChI is InChI=1S/C12H19FN2/c1-9-7-10(5-6-11(9)13)15(4)12(2,3)8-14/h5-7H,8,14H2,1-4H3. The Kier molecular flexibility index (Phi) is 3.35. The average molecular weight is 210 g/mol. The molecule has 3 heteroatoms. The van der Waals surface area contributed by atoms with Gasteiger partial charge < -0.3 is 10.6 Å². The second kappa shape index (κ2) is 4.19. The maximum Gasteiger partial charge on any atom is 0.126 e. The van der Waals surface area contributed by atoms with Gasteiger partial charge in [-0.2, -0.15) is 0 Å². The summed E-state index contributed by atoms with van der Waals surface area (Å²) in [6, 6.07) is 5.11. The van der Waals surface area contributed by atoms with Crippen LogP contribution in [0.15, 0.2) is 18.2 Å². The van der Waals surface area contributed by atoms with Crippen molar-refractivity contribution in [2.24, 2.45) is 5.73 Å². The average Bonchev–Trinajstić information content (AvgIpc) is 2.21. The summed E-state index contributed by atoms with van der Waals surface area (Å²) < 4.78 is 13.1. The summed E-state index contributed by atoms with van der Waals surface area (Å²) in [5, 5.41) is 0. The number of benzene rings is 1. The summed E-state index contributed by atoms with van der Waals surface area (Å²) in [4.78, 5) is 2.07. The van der Waals surface area contributed by atoms with Crippen molar-refractivity contribution in [3.05, 3.63) is 29.6 Å². The van der Waals surface area contributed by atoms with Crippen LogP contribution >= 0.6 is 0 Å². The number of rotatable bonds is 3. The van der Waals surface area contributed by atoms with Crippen LogP contribution in [0.1, 0.15) is 19.4 Å². The summed E-state index contributed by atoms with van der Waals surface area (Å²) in [5.41, 5.74) is 7.23. The number of hydrogen-bond donors (Lipinski definition) is 1. The van der Waals surface area contributed by atoms with Crippen molar-refractivity contribution in [1.29, 1.82) is 0 Å². The first-order valence-corrected chi connectivity index (χ1v) is 5.08. The Labute approximate surface area is 90.9 Å². The second-order valence-electron chi connectivity index (χ2n) is 4.51. The number of likely N-dealkylation sites (N-methyl/N-ethyl adjacent to an activating group) is 1. The lowest BCUT2D eigenvalue weighted by molar-refractivity contribution is 0.498. The van der Waals surface area contributed by atoms with E-state index in [2.05, 4.69) is 18.7 Å². The van der Waals surface area contributed by atoms with Crippen LogP contribution in [-0.2, 0) is 0 Å². The molecule has 0 amide bonds. The van der Waals surface area contributed by atoms with Crippen LogP contribution in [0.4, 0.5) is 10.1 Å². The van der Waals surface area contributed by atoms with Crippen molar-refractivity contribution in [2.45, 2.75) is 26.3 Å². The molecule has 0 aliphatic heterocycles. The molecule has 0 radical (unpaired) electrons. The zero-order valence-electron chi connectivity index (χ0n) is 9.84. The largest absolute Gasteiger partial charge is 0.368 e. The molecule has 0 saturated carbocycles. The van der Waals surface area contributed by atoms with Gasteiger partial charge >= 0.3 is 0 Å². The van der Waals surface area contributed by atoms with Crippen molar-refractivity contribution in [2.75, 3.05) is 18.5 Å². The first kappa shape index (κ1) is 12.0. The van der Waals surface area contributed by atoms with E-state index in [9.17, 15) is 4.39 Å². The van der Waals surface area contributed by atoms with Crippen molar-refractivity contribution < 1.29 is 4.39 Å². The van der Waals surface area contributed by atoms with Crippen LogP contribution in [0.2, 0.25) is 0 Å². The van der Waals surface area contributed by atoms with E-state index in [1.807, 2.05) is 13.1 Å². The van der Waals surface area contributed by atoms with Crippen molar-refractivity contribution in [3.63, 3.8) is 0 Å². The van der Waals surface area contributed by atoms with Crippen LogP contribution in [0.5, 0.6) is 0 Å². The topological polar surface area (TPSA) is 29.3 Å². The molecule has 0 fully saturated rings. The van der Waals surface area contributed by atoms with Gasteiger partial charge in [-0.25, -0.2) is 4.39 Å². The minimum Gasteiger partial charge on any atom is -0.368 e. The number of halogens is 1. The fourth-order valence-corrected chi connectivity index (χ4v) is 1.32. The lowest BCUT2D eigenvalue weighted by atomic mass is 10.0. The zero-order valence-corrected chi connectivity index (χ0v) is 9.84. The third kappa shape index (κ3) is 2.48. The van der Waals surface area contributed by atoms with Gasteiger partial charge in [0.05, 0.1) is 0 Å². The van der Waals surface area contributed by atoms with Crippen LogP contribution in [-0.4, -0.2) is 19.1 Å². The Morgan fingerprint density at radius 3 is 2.47 bits per heavy atom. The van der Waals surface area contributed by atoms with E-state index < -0.39 is 0 Å². The summed E-state index contributed by atoms with van der Waals surface area (Å²) in [5.74, 6) is -0.169. The molecule has 0 unspecified atom stereocenters. The molecule has 2 N–H and O–H groups in total. The number of anilines is 1. The van der Waals surface area contributed by atoms with Gasteiger partial charge in [-0.05, 0) is 44.5 Å². The van der Waals surface area contributed by atoms with Gasteiger partial charge in [0.1, 0.15) is 5.82 Å². The summed E-state index contributed by atoms with van der Waals surface area (Å²) >= 11 is 0. The molecule has 0 aromatic heterocycles. The molecular formula is C12H19FN2. The van der Waals surface area contributed by atoms with Gasteiger partial charge in [0.2, 0.25) is 0 Å². The molecule has 2 nitrogen and oxygen atoms in total. The third-order valence-electron chi connectivity index (χ3n) is 2.94. The van der Waals surface area contributed by atoms with Crippen LogP contribution in [0, 0.1) is 12.7 Å². The third-order valence-corrected chi connectivity index (χ3v) is 2.94. The Bertz CT molecular complexity index is 347. The molecule has 0 spiro atoms. The molecule has 0 bridgehead atoms. The molecule has 0 aliphatic carbocycles. The number of aryl methyl sites for hydroxylation is 1. The highest BCUT2D eigenvalue weighted by atomic mass is 19.1. The van der Waals surface area contributed by atoms with Crippen molar-refractivity contribution in [3.8, 4) is 0 Å². The van der Waals surface area contributed by atoms with E-state index in [1.165, 1.54) is 6.07 Å². The van der Waals surface area contributed by atoms with Crippen molar-refractivity contribution in [1.82, 2.24) is 0 Å². The van der Waals surface area contributed by atoms with Crippen molar-refractivity contribution >= 4 is 5.69 Å². The highest BCUT2D eigenvalue weighted by molar-refractivity contribution is 5.50. The quantitative estimate of drug-likeness (QED) is 0.829. The van der Waals surface area contributed by atoms with Gasteiger partial charge in [-0.1, -0.05) is 0 Å². The lowest BCUT2D eigenvalue weighted by Gasteiger charge is -2.36. The minimum absolute atomic E-state index is 0.121. The van der Waals surface area contributed by atoms with E-state index in [4.69, 9.17) is 5.73 Å². The minimum atomic E-state index is -0.169. The molecule has 0 atom stereocenters. The molecular weight excluding hydrogens is 191 g/mol. The fourth-order valence-electron chi connectivity index (χ4n) is 1.32. The van der Waals surface area contributed by atoms with Gasteiger partial charge in [-0.15, -0.1) is 0 Å². The predicted octanol–water partition coefficient (Wildman–Crippen LogP) is 2.31. The molecule has 84 valence electrons. The maximum atomic E-state index is 13.1.